The standard InChI is InChI=1S/C19H32N2O/c1-3-16(2)19(22)15-20-18-10-13-21(14-11-18)12-9-17-7-5-4-6-8-17/h4-8,16,18-20,22H,3,9-15H2,1-2H3. The molecule has 1 heterocycles. The molecule has 2 unspecified atom stereocenters. The monoisotopic (exact) mass is 304 g/mol. The summed E-state index contributed by atoms with van der Waals surface area (Å²) in [5.41, 5.74) is 1.43. The number of nitrogens with zero attached hydrogens (tertiary/aromatic N) is 1. The van der Waals surface area contributed by atoms with Gasteiger partial charge >= 0.3 is 0 Å². The molecule has 0 spiro atoms. The Bertz CT molecular complexity index is 401. The number of benzene rings is 1. The number of hydrogen-bond donors (Lipinski definition) is 2. The Balaban J connectivity index is 1.61. The maximum atomic E-state index is 10.0. The van der Waals surface area contributed by atoms with Crippen molar-refractivity contribution in [1.29, 1.82) is 0 Å². The van der Waals surface area contributed by atoms with Gasteiger partial charge in [0.25, 0.3) is 0 Å². The second kappa shape index (κ2) is 9.29. The molecule has 1 aromatic carbocycles. The molecule has 2 atom stereocenters. The minimum Gasteiger partial charge on any atom is -0.392 e. The van der Waals surface area contributed by atoms with E-state index in [4.69, 9.17) is 0 Å². The summed E-state index contributed by atoms with van der Waals surface area (Å²) in [6.45, 7) is 8.50. The molecule has 0 saturated carbocycles. The van der Waals surface area contributed by atoms with Crippen LogP contribution in [-0.4, -0.2) is 48.3 Å². The number of rotatable bonds is 8. The predicted molar refractivity (Wildman–Crippen MR) is 93.1 cm³/mol. The summed E-state index contributed by atoms with van der Waals surface area (Å²) in [6.07, 6.45) is 4.37. The lowest BCUT2D eigenvalue weighted by atomic mass is 10.00. The summed E-state index contributed by atoms with van der Waals surface area (Å²) < 4.78 is 0. The van der Waals surface area contributed by atoms with Crippen LogP contribution in [0.25, 0.3) is 0 Å². The highest BCUT2D eigenvalue weighted by molar-refractivity contribution is 5.14. The van der Waals surface area contributed by atoms with Crippen LogP contribution >= 0.6 is 0 Å². The molecule has 124 valence electrons. The van der Waals surface area contributed by atoms with Crippen LogP contribution in [0.2, 0.25) is 0 Å². The van der Waals surface area contributed by atoms with Crippen LogP contribution in [0.4, 0.5) is 0 Å². The van der Waals surface area contributed by atoms with Gasteiger partial charge in [-0.2, -0.15) is 0 Å². The topological polar surface area (TPSA) is 35.5 Å². The number of aliphatic hydroxyl groups excluding tert-OH is 1. The van der Waals surface area contributed by atoms with E-state index in [-0.39, 0.29) is 6.10 Å². The lowest BCUT2D eigenvalue weighted by Gasteiger charge is -2.33. The van der Waals surface area contributed by atoms with Gasteiger partial charge in [-0.25, -0.2) is 0 Å². The summed E-state index contributed by atoms with van der Waals surface area (Å²) in [4.78, 5) is 2.57. The molecule has 2 rings (SSSR count). The highest BCUT2D eigenvalue weighted by Gasteiger charge is 2.20. The van der Waals surface area contributed by atoms with Gasteiger partial charge in [0.1, 0.15) is 0 Å². The predicted octanol–water partition coefficient (Wildman–Crippen LogP) is 2.69. The summed E-state index contributed by atoms with van der Waals surface area (Å²) in [5, 5.41) is 13.6. The van der Waals surface area contributed by atoms with Gasteiger partial charge in [-0.05, 0) is 43.8 Å². The second-order valence-corrected chi connectivity index (χ2v) is 6.71. The zero-order chi connectivity index (χ0) is 15.8. The Morgan fingerprint density at radius 3 is 2.55 bits per heavy atom. The first-order valence-corrected chi connectivity index (χ1v) is 8.86. The van der Waals surface area contributed by atoms with Gasteiger partial charge in [0.05, 0.1) is 6.10 Å². The van der Waals surface area contributed by atoms with Gasteiger partial charge in [0.2, 0.25) is 0 Å². The first kappa shape index (κ1) is 17.5. The van der Waals surface area contributed by atoms with Gasteiger partial charge in [0.15, 0.2) is 0 Å². The molecule has 22 heavy (non-hydrogen) atoms. The maximum absolute atomic E-state index is 10.0. The van der Waals surface area contributed by atoms with Gasteiger partial charge in [-0.1, -0.05) is 50.6 Å². The molecule has 2 N–H and O–H groups in total. The molecular formula is C19H32N2O. The van der Waals surface area contributed by atoms with Gasteiger partial charge < -0.3 is 15.3 Å². The highest BCUT2D eigenvalue weighted by Crippen LogP contribution is 2.13. The van der Waals surface area contributed by atoms with Gasteiger partial charge in [-0.15, -0.1) is 0 Å². The van der Waals surface area contributed by atoms with Gasteiger partial charge in [0, 0.05) is 19.1 Å². The smallest absolute Gasteiger partial charge is 0.0690 e. The molecule has 3 heteroatoms. The third-order valence-electron chi connectivity index (χ3n) is 5.06. The molecule has 0 bridgehead atoms. The van der Waals surface area contributed by atoms with Crippen molar-refractivity contribution in [3.63, 3.8) is 0 Å². The molecule has 1 aliphatic heterocycles. The average molecular weight is 304 g/mol. The first-order chi connectivity index (χ1) is 10.7. The molecule has 1 aliphatic rings. The fraction of sp³-hybridized carbons (Fsp3) is 0.684. The Hall–Kier alpha value is -0.900. The summed E-state index contributed by atoms with van der Waals surface area (Å²) in [6, 6.07) is 11.3. The molecule has 0 radical (unpaired) electrons. The molecule has 0 amide bonds. The van der Waals surface area contributed by atoms with Crippen molar-refractivity contribution >= 4 is 0 Å². The van der Waals surface area contributed by atoms with Gasteiger partial charge in [-0.3, -0.25) is 0 Å². The van der Waals surface area contributed by atoms with Crippen molar-refractivity contribution in [2.45, 2.75) is 51.7 Å². The van der Waals surface area contributed by atoms with Crippen molar-refractivity contribution in [2.75, 3.05) is 26.2 Å². The van der Waals surface area contributed by atoms with E-state index in [9.17, 15) is 5.11 Å². The number of likely N-dealkylation sites (tertiary alicyclic amines) is 1. The molecular weight excluding hydrogens is 272 g/mol. The van der Waals surface area contributed by atoms with E-state index in [1.165, 1.54) is 31.5 Å². The number of piperidine rings is 1. The number of nitrogens with one attached hydrogen (secondary N) is 1. The molecule has 0 aliphatic carbocycles. The van der Waals surface area contributed by atoms with E-state index < -0.39 is 0 Å². The van der Waals surface area contributed by atoms with Crippen molar-refractivity contribution in [2.24, 2.45) is 5.92 Å². The third-order valence-corrected chi connectivity index (χ3v) is 5.06. The van der Waals surface area contributed by atoms with Crippen LogP contribution in [-0.2, 0) is 6.42 Å². The fourth-order valence-electron chi connectivity index (χ4n) is 3.05. The minimum absolute atomic E-state index is 0.207. The van der Waals surface area contributed by atoms with E-state index in [1.54, 1.807) is 0 Å². The van der Waals surface area contributed by atoms with E-state index in [0.717, 1.165) is 25.9 Å². The van der Waals surface area contributed by atoms with E-state index in [2.05, 4.69) is 54.4 Å². The van der Waals surface area contributed by atoms with Crippen LogP contribution < -0.4 is 5.32 Å². The highest BCUT2D eigenvalue weighted by atomic mass is 16.3. The van der Waals surface area contributed by atoms with E-state index in [1.807, 2.05) is 0 Å². The normalized spacial score (nSPS) is 20.0. The quantitative estimate of drug-likeness (QED) is 0.775. The number of aliphatic hydroxyl groups is 1. The molecule has 1 fully saturated rings. The Kier molecular flexibility index (Phi) is 7.37. The van der Waals surface area contributed by atoms with Crippen molar-refractivity contribution in [3.8, 4) is 0 Å². The van der Waals surface area contributed by atoms with Crippen molar-refractivity contribution in [3.05, 3.63) is 35.9 Å². The number of hydrogen-bond acceptors (Lipinski definition) is 3. The average Bonchev–Trinajstić information content (AvgIpc) is 2.59. The molecule has 1 aromatic rings. The summed E-state index contributed by atoms with van der Waals surface area (Å²) in [7, 11) is 0. The first-order valence-electron chi connectivity index (χ1n) is 8.86. The van der Waals surface area contributed by atoms with E-state index in [0.29, 0.717) is 12.0 Å². The fourth-order valence-corrected chi connectivity index (χ4v) is 3.05. The summed E-state index contributed by atoms with van der Waals surface area (Å²) >= 11 is 0. The summed E-state index contributed by atoms with van der Waals surface area (Å²) in [5.74, 6) is 0.387. The Labute approximate surface area is 135 Å². The SMILES string of the molecule is CCC(C)C(O)CNC1CCN(CCc2ccccc2)CC1. The zero-order valence-electron chi connectivity index (χ0n) is 14.2. The molecule has 3 nitrogen and oxygen atoms in total. The van der Waals surface area contributed by atoms with E-state index >= 15 is 0 Å². The largest absolute Gasteiger partial charge is 0.392 e. The van der Waals surface area contributed by atoms with Crippen LogP contribution in [0, 0.1) is 5.92 Å². The minimum atomic E-state index is -0.207. The maximum Gasteiger partial charge on any atom is 0.0690 e. The van der Waals surface area contributed by atoms with Crippen LogP contribution in [0.1, 0.15) is 38.7 Å². The van der Waals surface area contributed by atoms with Crippen LogP contribution in [0.3, 0.4) is 0 Å². The van der Waals surface area contributed by atoms with Crippen molar-refractivity contribution in [1.82, 2.24) is 10.2 Å². The zero-order valence-corrected chi connectivity index (χ0v) is 14.2. The Morgan fingerprint density at radius 2 is 1.91 bits per heavy atom. The molecule has 1 saturated heterocycles. The van der Waals surface area contributed by atoms with Crippen molar-refractivity contribution < 1.29 is 5.11 Å². The lowest BCUT2D eigenvalue weighted by molar-refractivity contribution is 0.103. The third kappa shape index (κ3) is 5.71. The van der Waals surface area contributed by atoms with Crippen LogP contribution in [0.15, 0.2) is 30.3 Å². The molecule has 0 aromatic heterocycles. The Morgan fingerprint density at radius 1 is 1.23 bits per heavy atom. The second-order valence-electron chi connectivity index (χ2n) is 6.71. The van der Waals surface area contributed by atoms with Crippen LogP contribution in [0.5, 0.6) is 0 Å². The lowest BCUT2D eigenvalue weighted by Crippen LogP contribution is -2.45.